The van der Waals surface area contributed by atoms with Gasteiger partial charge in [-0.2, -0.15) is 0 Å². The van der Waals surface area contributed by atoms with E-state index in [0.717, 1.165) is 17.1 Å². The Morgan fingerprint density at radius 1 is 0.292 bits per heavy atom. The average molecular weight is 628 g/mol. The highest BCUT2D eigenvalue weighted by Gasteiger charge is 2.17. The number of hydrogen-bond acceptors (Lipinski definition) is 2. The zero-order valence-electron chi connectivity index (χ0n) is 26.1. The van der Waals surface area contributed by atoms with Crippen LogP contribution in [-0.2, 0) is 0 Å². The van der Waals surface area contributed by atoms with E-state index in [1.807, 2.05) is 11.3 Å². The molecular formula is C46H29NS. The maximum atomic E-state index is 2.43. The van der Waals surface area contributed by atoms with Gasteiger partial charge in [0.15, 0.2) is 0 Å². The molecule has 1 aromatic heterocycles. The van der Waals surface area contributed by atoms with Crippen LogP contribution in [0.15, 0.2) is 176 Å². The van der Waals surface area contributed by atoms with E-state index >= 15 is 0 Å². The summed E-state index contributed by atoms with van der Waals surface area (Å²) in [5.41, 5.74) is 5.82. The molecule has 10 rings (SSSR count). The van der Waals surface area contributed by atoms with Gasteiger partial charge >= 0.3 is 0 Å². The van der Waals surface area contributed by atoms with E-state index in [9.17, 15) is 0 Å². The van der Waals surface area contributed by atoms with Crippen molar-refractivity contribution in [1.82, 2.24) is 0 Å². The lowest BCUT2D eigenvalue weighted by Crippen LogP contribution is -2.10. The predicted octanol–water partition coefficient (Wildman–Crippen LogP) is 13.8. The fraction of sp³-hybridized carbons (Fsp3) is 0. The van der Waals surface area contributed by atoms with Gasteiger partial charge < -0.3 is 4.90 Å². The molecule has 0 aliphatic rings. The summed E-state index contributed by atoms with van der Waals surface area (Å²) in [5, 5.41) is 12.7. The van der Waals surface area contributed by atoms with Crippen LogP contribution in [0, 0.1) is 0 Å². The summed E-state index contributed by atoms with van der Waals surface area (Å²) < 4.78 is 2.63. The van der Waals surface area contributed by atoms with Crippen molar-refractivity contribution in [1.29, 1.82) is 0 Å². The first-order valence-corrected chi connectivity index (χ1v) is 17.2. The number of nitrogens with zero attached hydrogens (tertiary/aromatic N) is 1. The third-order valence-corrected chi connectivity index (χ3v) is 10.9. The van der Waals surface area contributed by atoms with Gasteiger partial charge in [-0.05, 0) is 115 Å². The average Bonchev–Trinajstić information content (AvgIpc) is 3.50. The molecule has 0 unspecified atom stereocenters. The zero-order valence-corrected chi connectivity index (χ0v) is 26.9. The molecule has 0 atom stereocenters. The first-order valence-electron chi connectivity index (χ1n) is 16.4. The molecule has 0 saturated carbocycles. The largest absolute Gasteiger partial charge is 0.310 e. The molecular weight excluding hydrogens is 599 g/mol. The molecule has 0 bridgehead atoms. The Bertz CT molecular complexity index is 2860. The third kappa shape index (κ3) is 4.45. The Labute approximate surface area is 282 Å². The molecule has 0 N–H and O–H groups in total. The van der Waals surface area contributed by atoms with Crippen molar-refractivity contribution in [2.24, 2.45) is 0 Å². The topological polar surface area (TPSA) is 3.24 Å². The lowest BCUT2D eigenvalue weighted by Gasteiger charge is -2.27. The van der Waals surface area contributed by atoms with Crippen molar-refractivity contribution in [2.45, 2.75) is 0 Å². The van der Waals surface area contributed by atoms with Crippen LogP contribution in [-0.4, -0.2) is 0 Å². The quantitative estimate of drug-likeness (QED) is 0.176. The van der Waals surface area contributed by atoms with Crippen molar-refractivity contribution >= 4 is 91.7 Å². The van der Waals surface area contributed by atoms with Crippen molar-refractivity contribution in [3.05, 3.63) is 176 Å². The van der Waals surface area contributed by atoms with Gasteiger partial charge in [0, 0.05) is 37.2 Å². The maximum Gasteiger partial charge on any atom is 0.0468 e. The van der Waals surface area contributed by atoms with Gasteiger partial charge in [0.05, 0.1) is 0 Å². The third-order valence-electron chi connectivity index (χ3n) is 9.75. The van der Waals surface area contributed by atoms with Crippen molar-refractivity contribution < 1.29 is 0 Å². The Morgan fingerprint density at radius 3 is 1.69 bits per heavy atom. The van der Waals surface area contributed by atoms with Crippen LogP contribution < -0.4 is 4.90 Å². The zero-order chi connectivity index (χ0) is 31.6. The molecule has 0 radical (unpaired) electrons. The summed E-state index contributed by atoms with van der Waals surface area (Å²) >= 11 is 1.87. The standard InChI is InChI=1S/C46H29NS/c1-2-10-33-24-37(19-16-30(33)8-1)34-13-7-14-38(25-34)47(39-21-20-32-18-17-31-9-5-6-15-41(31)42(32)28-39)40-22-23-45-44(29-40)43-26-35-11-3-4-12-36(35)27-46(43)48-45/h1-29H. The summed E-state index contributed by atoms with van der Waals surface area (Å²) in [4.78, 5) is 2.43. The first kappa shape index (κ1) is 27.2. The lowest BCUT2D eigenvalue weighted by molar-refractivity contribution is 1.30. The highest BCUT2D eigenvalue weighted by atomic mass is 32.1. The molecule has 10 aromatic rings. The molecule has 0 aliphatic carbocycles. The fourth-order valence-corrected chi connectivity index (χ4v) is 8.48. The Balaban J connectivity index is 1.20. The van der Waals surface area contributed by atoms with Crippen LogP contribution in [0.3, 0.4) is 0 Å². The number of rotatable bonds is 4. The molecule has 0 aliphatic heterocycles. The summed E-state index contributed by atoms with van der Waals surface area (Å²) in [6, 6.07) is 64.7. The monoisotopic (exact) mass is 627 g/mol. The maximum absolute atomic E-state index is 2.43. The molecule has 0 amide bonds. The first-order chi connectivity index (χ1) is 23.7. The molecule has 1 heterocycles. The molecule has 0 saturated heterocycles. The second kappa shape index (κ2) is 10.8. The van der Waals surface area contributed by atoms with Crippen LogP contribution in [0.2, 0.25) is 0 Å². The van der Waals surface area contributed by atoms with Gasteiger partial charge in [-0.3, -0.25) is 0 Å². The number of benzene rings is 9. The number of fused-ring (bicyclic) bond motifs is 8. The lowest BCUT2D eigenvalue weighted by atomic mass is 9.99. The molecule has 9 aromatic carbocycles. The van der Waals surface area contributed by atoms with Gasteiger partial charge in [-0.25, -0.2) is 0 Å². The van der Waals surface area contributed by atoms with E-state index in [-0.39, 0.29) is 0 Å². The van der Waals surface area contributed by atoms with Gasteiger partial charge in [0.25, 0.3) is 0 Å². The fourth-order valence-electron chi connectivity index (χ4n) is 7.36. The van der Waals surface area contributed by atoms with E-state index in [1.54, 1.807) is 0 Å². The summed E-state index contributed by atoms with van der Waals surface area (Å²) in [6.07, 6.45) is 0. The van der Waals surface area contributed by atoms with Gasteiger partial charge in [0.1, 0.15) is 0 Å². The van der Waals surface area contributed by atoms with Crippen molar-refractivity contribution in [3.63, 3.8) is 0 Å². The van der Waals surface area contributed by atoms with E-state index in [0.29, 0.717) is 0 Å². The number of thiophene rings is 1. The van der Waals surface area contributed by atoms with E-state index in [1.165, 1.54) is 74.4 Å². The van der Waals surface area contributed by atoms with E-state index in [2.05, 4.69) is 181 Å². The van der Waals surface area contributed by atoms with Crippen LogP contribution in [0.4, 0.5) is 17.1 Å². The molecule has 224 valence electrons. The molecule has 0 spiro atoms. The predicted molar refractivity (Wildman–Crippen MR) is 209 cm³/mol. The second-order valence-electron chi connectivity index (χ2n) is 12.6. The van der Waals surface area contributed by atoms with Crippen molar-refractivity contribution in [3.8, 4) is 11.1 Å². The number of anilines is 3. The van der Waals surface area contributed by atoms with Gasteiger partial charge in [-0.15, -0.1) is 11.3 Å². The summed E-state index contributed by atoms with van der Waals surface area (Å²) in [6.45, 7) is 0. The van der Waals surface area contributed by atoms with Crippen LogP contribution in [0.1, 0.15) is 0 Å². The minimum absolute atomic E-state index is 1.13. The number of hydrogen-bond donors (Lipinski definition) is 0. The summed E-state index contributed by atoms with van der Waals surface area (Å²) in [7, 11) is 0. The highest BCUT2D eigenvalue weighted by molar-refractivity contribution is 7.25. The SMILES string of the molecule is c1cc(-c2ccc3ccccc3c2)cc(N(c2ccc3ccc4ccccc4c3c2)c2ccc3sc4cc5ccccc5cc4c3c2)c1. The Hall–Kier alpha value is -5.96. The normalized spacial score (nSPS) is 11.8. The Morgan fingerprint density at radius 2 is 0.854 bits per heavy atom. The minimum atomic E-state index is 1.13. The van der Waals surface area contributed by atoms with E-state index < -0.39 is 0 Å². The minimum Gasteiger partial charge on any atom is -0.310 e. The van der Waals surface area contributed by atoms with E-state index in [4.69, 9.17) is 0 Å². The second-order valence-corrected chi connectivity index (χ2v) is 13.7. The summed E-state index contributed by atoms with van der Waals surface area (Å²) in [5.74, 6) is 0. The highest BCUT2D eigenvalue weighted by Crippen LogP contribution is 2.43. The molecule has 48 heavy (non-hydrogen) atoms. The Kier molecular flexibility index (Phi) is 6.12. The van der Waals surface area contributed by atoms with Gasteiger partial charge in [0.2, 0.25) is 0 Å². The van der Waals surface area contributed by atoms with Crippen LogP contribution in [0.25, 0.3) is 74.4 Å². The molecule has 2 heteroatoms. The molecule has 1 nitrogen and oxygen atoms in total. The van der Waals surface area contributed by atoms with Crippen molar-refractivity contribution in [2.75, 3.05) is 4.90 Å². The molecule has 0 fully saturated rings. The van der Waals surface area contributed by atoms with Gasteiger partial charge in [-0.1, -0.05) is 115 Å². The van der Waals surface area contributed by atoms with Crippen LogP contribution in [0.5, 0.6) is 0 Å². The smallest absolute Gasteiger partial charge is 0.0468 e. The van der Waals surface area contributed by atoms with Crippen LogP contribution >= 0.6 is 11.3 Å².